The normalized spacial score (nSPS) is 17.1. The van der Waals surface area contributed by atoms with E-state index in [0.29, 0.717) is 6.42 Å². The Morgan fingerprint density at radius 1 is 1.54 bits per heavy atom. The Bertz CT molecular complexity index is 345. The van der Waals surface area contributed by atoms with Crippen molar-refractivity contribution in [2.24, 2.45) is 0 Å². The summed E-state index contributed by atoms with van der Waals surface area (Å²) >= 11 is 3.46. The largest absolute Gasteiger partial charge is 0.306 e. The van der Waals surface area contributed by atoms with Crippen LogP contribution in [0.25, 0.3) is 0 Å². The van der Waals surface area contributed by atoms with Gasteiger partial charge in [-0.25, -0.2) is 0 Å². The van der Waals surface area contributed by atoms with Crippen molar-refractivity contribution < 1.29 is 4.79 Å². The first-order chi connectivity index (χ1) is 6.20. The fraction of sp³-hybridized carbons (Fsp3) is 0.444. The highest BCUT2D eigenvalue weighted by Gasteiger charge is 2.21. The highest BCUT2D eigenvalue weighted by Crippen LogP contribution is 2.40. The van der Waals surface area contributed by atoms with Crippen LogP contribution in [0.15, 0.2) is 10.3 Å². The third-order valence-corrected chi connectivity index (χ3v) is 4.65. The van der Waals surface area contributed by atoms with Gasteiger partial charge in [-0.3, -0.25) is 4.79 Å². The van der Waals surface area contributed by atoms with Gasteiger partial charge in [0.2, 0.25) is 5.91 Å². The molecule has 0 radical (unpaired) electrons. The Morgan fingerprint density at radius 2 is 2.31 bits per heavy atom. The molecule has 1 aliphatic heterocycles. The van der Waals surface area contributed by atoms with Gasteiger partial charge in [-0.05, 0) is 17.9 Å². The third-order valence-electron chi connectivity index (χ3n) is 2.14. The van der Waals surface area contributed by atoms with Gasteiger partial charge in [0, 0.05) is 24.1 Å². The van der Waals surface area contributed by atoms with E-state index in [1.165, 1.54) is 10.5 Å². The molecule has 4 heteroatoms. The first-order valence-electron chi connectivity index (χ1n) is 4.17. The molecule has 2 nitrogen and oxygen atoms in total. The summed E-state index contributed by atoms with van der Waals surface area (Å²) in [5.41, 5.74) is 1.30. The second kappa shape index (κ2) is 3.35. The maximum atomic E-state index is 11.5. The smallest absolute Gasteiger partial charge is 0.228 e. The summed E-state index contributed by atoms with van der Waals surface area (Å²) in [4.78, 5) is 14.6. The van der Waals surface area contributed by atoms with E-state index in [9.17, 15) is 4.79 Å². The van der Waals surface area contributed by atoms with Crippen LogP contribution < -0.4 is 4.90 Å². The topological polar surface area (TPSA) is 20.3 Å². The zero-order valence-corrected chi connectivity index (χ0v) is 9.30. The number of anilines is 1. The molecule has 1 aromatic heterocycles. The highest BCUT2D eigenvalue weighted by molar-refractivity contribution is 7.99. The van der Waals surface area contributed by atoms with E-state index in [-0.39, 0.29) is 5.91 Å². The molecule has 0 atom stereocenters. The molecule has 0 bridgehead atoms. The molecular formula is C9H11NOS2. The number of thiophene rings is 1. The van der Waals surface area contributed by atoms with Crippen LogP contribution in [0.4, 0.5) is 5.00 Å². The fourth-order valence-electron chi connectivity index (χ4n) is 1.35. The van der Waals surface area contributed by atoms with E-state index in [1.54, 1.807) is 28.0 Å². The molecule has 13 heavy (non-hydrogen) atoms. The van der Waals surface area contributed by atoms with Gasteiger partial charge in [0.05, 0.1) is 0 Å². The first-order valence-corrected chi connectivity index (χ1v) is 6.04. The summed E-state index contributed by atoms with van der Waals surface area (Å²) in [7, 11) is 1.86. The average molecular weight is 213 g/mol. The van der Waals surface area contributed by atoms with Crippen LogP contribution in [0.5, 0.6) is 0 Å². The Morgan fingerprint density at radius 3 is 3.08 bits per heavy atom. The number of fused-ring (bicyclic) bond motifs is 1. The minimum Gasteiger partial charge on any atom is -0.306 e. The van der Waals surface area contributed by atoms with Gasteiger partial charge in [-0.2, -0.15) is 0 Å². The van der Waals surface area contributed by atoms with Gasteiger partial charge in [0.15, 0.2) is 0 Å². The van der Waals surface area contributed by atoms with Gasteiger partial charge >= 0.3 is 0 Å². The summed E-state index contributed by atoms with van der Waals surface area (Å²) in [5.74, 6) is 1.14. The van der Waals surface area contributed by atoms with Crippen molar-refractivity contribution in [2.45, 2.75) is 18.2 Å². The highest BCUT2D eigenvalue weighted by atomic mass is 32.2. The summed E-state index contributed by atoms with van der Waals surface area (Å²) in [6.07, 6.45) is 0.655. The number of carbonyl (C=O) groups is 1. The molecule has 2 rings (SSSR count). The molecule has 2 heterocycles. The quantitative estimate of drug-likeness (QED) is 0.660. The van der Waals surface area contributed by atoms with E-state index in [0.717, 1.165) is 10.8 Å². The van der Waals surface area contributed by atoms with Crippen LogP contribution in [-0.2, 0) is 4.79 Å². The molecule has 0 saturated carbocycles. The lowest BCUT2D eigenvalue weighted by Crippen LogP contribution is -2.24. The monoisotopic (exact) mass is 213 g/mol. The average Bonchev–Trinajstić information content (AvgIpc) is 2.40. The Labute approximate surface area is 85.9 Å². The number of carbonyl (C=O) groups excluding carboxylic acids is 1. The van der Waals surface area contributed by atoms with E-state index >= 15 is 0 Å². The van der Waals surface area contributed by atoms with E-state index in [4.69, 9.17) is 0 Å². The second-order valence-electron chi connectivity index (χ2n) is 3.10. The predicted octanol–water partition coefficient (Wildman–Crippen LogP) is 2.52. The lowest BCUT2D eigenvalue weighted by molar-refractivity contribution is -0.117. The maximum absolute atomic E-state index is 11.5. The molecule has 0 N–H and O–H groups in total. The van der Waals surface area contributed by atoms with Crippen LogP contribution in [0.2, 0.25) is 0 Å². The number of thioether (sulfide) groups is 1. The summed E-state index contributed by atoms with van der Waals surface area (Å²) in [6, 6.07) is 0. The van der Waals surface area contributed by atoms with E-state index in [1.807, 2.05) is 7.05 Å². The lowest BCUT2D eigenvalue weighted by Gasteiger charge is -2.12. The molecule has 0 aromatic carbocycles. The Kier molecular flexibility index (Phi) is 2.34. The van der Waals surface area contributed by atoms with E-state index < -0.39 is 0 Å². The molecular weight excluding hydrogens is 202 g/mol. The summed E-state index contributed by atoms with van der Waals surface area (Å²) in [5, 5.41) is 3.23. The van der Waals surface area contributed by atoms with Crippen molar-refractivity contribution in [3.8, 4) is 0 Å². The van der Waals surface area contributed by atoms with Crippen molar-refractivity contribution in [1.82, 2.24) is 0 Å². The van der Waals surface area contributed by atoms with Crippen molar-refractivity contribution in [3.63, 3.8) is 0 Å². The standard InChI is InChI=1S/C9H11NOS2/c1-6-5-13-9-8(6)12-4-3-7(11)10(9)2/h5H,3-4H2,1-2H3. The fourth-order valence-corrected chi connectivity index (χ4v) is 3.71. The number of nitrogens with zero attached hydrogens (tertiary/aromatic N) is 1. The third kappa shape index (κ3) is 1.48. The van der Waals surface area contributed by atoms with Crippen LogP contribution in [0, 0.1) is 6.92 Å². The molecule has 0 saturated heterocycles. The second-order valence-corrected chi connectivity index (χ2v) is 5.07. The maximum Gasteiger partial charge on any atom is 0.228 e. The van der Waals surface area contributed by atoms with E-state index in [2.05, 4.69) is 12.3 Å². The zero-order chi connectivity index (χ0) is 9.42. The van der Waals surface area contributed by atoms with Gasteiger partial charge in [0.25, 0.3) is 0 Å². The lowest BCUT2D eigenvalue weighted by atomic mass is 10.3. The molecule has 0 aliphatic carbocycles. The molecule has 1 amide bonds. The minimum absolute atomic E-state index is 0.230. The van der Waals surface area contributed by atoms with Crippen LogP contribution in [0.1, 0.15) is 12.0 Å². The van der Waals surface area contributed by atoms with Crippen LogP contribution in [-0.4, -0.2) is 18.7 Å². The number of amides is 1. The molecule has 0 fully saturated rings. The minimum atomic E-state index is 0.230. The molecule has 0 unspecified atom stereocenters. The van der Waals surface area contributed by atoms with Crippen molar-refractivity contribution in [2.75, 3.05) is 17.7 Å². The van der Waals surface area contributed by atoms with Gasteiger partial charge in [-0.1, -0.05) is 0 Å². The van der Waals surface area contributed by atoms with Crippen molar-refractivity contribution in [3.05, 3.63) is 10.9 Å². The molecule has 1 aliphatic rings. The Balaban J connectivity index is 2.47. The number of hydrogen-bond acceptors (Lipinski definition) is 3. The van der Waals surface area contributed by atoms with Crippen LogP contribution in [0.3, 0.4) is 0 Å². The number of aryl methyl sites for hydroxylation is 1. The van der Waals surface area contributed by atoms with Gasteiger partial charge < -0.3 is 4.90 Å². The Hall–Kier alpha value is -0.480. The summed E-state index contributed by atoms with van der Waals surface area (Å²) in [6.45, 7) is 2.10. The predicted molar refractivity (Wildman–Crippen MR) is 57.8 cm³/mol. The molecule has 1 aromatic rings. The van der Waals surface area contributed by atoms with Crippen LogP contribution >= 0.6 is 23.1 Å². The van der Waals surface area contributed by atoms with Crippen molar-refractivity contribution in [1.29, 1.82) is 0 Å². The molecule has 0 spiro atoms. The first kappa shape index (κ1) is 9.09. The zero-order valence-electron chi connectivity index (χ0n) is 7.66. The van der Waals surface area contributed by atoms with Gasteiger partial charge in [0.1, 0.15) is 5.00 Å². The number of hydrogen-bond donors (Lipinski definition) is 0. The number of rotatable bonds is 0. The summed E-state index contributed by atoms with van der Waals surface area (Å²) < 4.78 is 0. The molecule has 70 valence electrons. The van der Waals surface area contributed by atoms with Gasteiger partial charge in [-0.15, -0.1) is 23.1 Å². The SMILES string of the molecule is Cc1csc2c1SCCC(=O)N2C. The van der Waals surface area contributed by atoms with Crippen molar-refractivity contribution >= 4 is 34.0 Å².